The highest BCUT2D eigenvalue weighted by Crippen LogP contribution is 2.47. The third-order valence-corrected chi connectivity index (χ3v) is 17.6. The number of aromatic hydroxyl groups is 6. The number of nitrogens with one attached hydrogen (secondary N) is 7. The van der Waals surface area contributed by atoms with Crippen LogP contribution in [0.2, 0.25) is 10.0 Å². The fourth-order valence-electron chi connectivity index (χ4n) is 11.8. The van der Waals surface area contributed by atoms with E-state index in [0.717, 1.165) is 81.6 Å². The van der Waals surface area contributed by atoms with Gasteiger partial charge in [-0.3, -0.25) is 33.6 Å². The van der Waals surface area contributed by atoms with E-state index >= 15 is 19.2 Å². The lowest BCUT2D eigenvalue weighted by Crippen LogP contribution is -2.55. The van der Waals surface area contributed by atoms with Gasteiger partial charge < -0.3 is 108 Å². The number of aliphatic hydroxyl groups excluding tert-OH is 1. The lowest BCUT2D eigenvalue weighted by Gasteiger charge is -2.34. The summed E-state index contributed by atoms with van der Waals surface area (Å²) in [5.41, 5.74) is 11.7. The van der Waals surface area contributed by atoms with E-state index in [2.05, 4.69) is 47.0 Å². The first-order chi connectivity index (χ1) is 46.9. The number of piperazine rings is 1. The third-order valence-electron chi connectivity index (χ3n) is 17.0. The number of fused-ring (bicyclic) bond motifs is 15. The van der Waals surface area contributed by atoms with E-state index < -0.39 is 130 Å². The van der Waals surface area contributed by atoms with Crippen molar-refractivity contribution in [1.29, 1.82) is 0 Å². The molecule has 1 saturated heterocycles. The maximum Gasteiger partial charge on any atom is 0.248 e. The minimum absolute atomic E-state index is 0.0943. The Morgan fingerprint density at radius 2 is 1.09 bits per heavy atom. The van der Waals surface area contributed by atoms with Crippen LogP contribution in [0.15, 0.2) is 127 Å². The van der Waals surface area contributed by atoms with Crippen molar-refractivity contribution in [3.8, 4) is 69.0 Å². The number of benzene rings is 7. The normalized spacial score (nSPS) is 21.0. The molecule has 0 radical (unpaired) electrons. The van der Waals surface area contributed by atoms with Gasteiger partial charge in [0.2, 0.25) is 47.1 Å². The number of halogens is 2. The van der Waals surface area contributed by atoms with E-state index in [4.69, 9.17) is 48.9 Å². The summed E-state index contributed by atoms with van der Waals surface area (Å²) in [5.74, 6) is -12.6. The Balaban J connectivity index is 1.00. The van der Waals surface area contributed by atoms with E-state index in [1.54, 1.807) is 0 Å². The molecule has 6 heterocycles. The summed E-state index contributed by atoms with van der Waals surface area (Å²) >= 11 is 13.8. The summed E-state index contributed by atoms with van der Waals surface area (Å²) in [5, 5.41) is 96.7. The highest BCUT2D eigenvalue weighted by atomic mass is 35.5. The van der Waals surface area contributed by atoms with Crippen LogP contribution in [-0.2, 0) is 40.0 Å². The predicted octanol–water partition coefficient (Wildman–Crippen LogP) is 4.39. The summed E-state index contributed by atoms with van der Waals surface area (Å²) in [6.45, 7) is 5.44. The van der Waals surface area contributed by atoms with Gasteiger partial charge >= 0.3 is 0 Å². The molecule has 7 amide bonds. The van der Waals surface area contributed by atoms with E-state index in [-0.39, 0.29) is 85.1 Å². The van der Waals surface area contributed by atoms with Crippen LogP contribution in [-0.4, -0.2) is 151 Å². The van der Waals surface area contributed by atoms with Crippen molar-refractivity contribution in [1.82, 2.24) is 47.0 Å². The Bertz CT molecular complexity index is 4220. The molecule has 13 bridgehead atoms. The van der Waals surface area contributed by atoms with Crippen LogP contribution in [0.4, 0.5) is 0 Å². The molecule has 28 nitrogen and oxygen atoms in total. The van der Waals surface area contributed by atoms with Gasteiger partial charge in [-0.05, 0) is 156 Å². The number of aliphatic hydroxyl groups is 1. The zero-order chi connectivity index (χ0) is 69.6. The van der Waals surface area contributed by atoms with Gasteiger partial charge in [0, 0.05) is 51.3 Å². The second-order valence-corrected chi connectivity index (χ2v) is 24.7. The molecule has 0 spiro atoms. The van der Waals surface area contributed by atoms with E-state index in [9.17, 15) is 50.1 Å². The smallest absolute Gasteiger partial charge is 0.248 e. The largest absolute Gasteiger partial charge is 0.508 e. The number of nitrogens with zero attached hydrogens (tertiary/aromatic N) is 2. The first-order valence-corrected chi connectivity index (χ1v) is 31.9. The summed E-state index contributed by atoms with van der Waals surface area (Å²) in [6.07, 6.45) is -1.08. The van der Waals surface area contributed by atoms with Gasteiger partial charge in [-0.1, -0.05) is 53.5 Å². The maximum absolute atomic E-state index is 15.8. The maximum atomic E-state index is 15.8. The molecule has 8 unspecified atom stereocenters. The molecular formula is C68H69Cl2N11O17. The zero-order valence-electron chi connectivity index (χ0n) is 52.0. The van der Waals surface area contributed by atoms with Crippen LogP contribution in [0.3, 0.4) is 0 Å². The van der Waals surface area contributed by atoms with Crippen LogP contribution in [0, 0.1) is 0 Å². The molecule has 30 heteroatoms. The first-order valence-electron chi connectivity index (χ1n) is 31.1. The Morgan fingerprint density at radius 3 is 1.72 bits per heavy atom. The number of hydrogen-bond acceptors (Lipinski definition) is 21. The highest BCUT2D eigenvalue weighted by molar-refractivity contribution is 6.32. The fraction of sp³-hybridized carbons (Fsp3) is 0.279. The third kappa shape index (κ3) is 15.9. The van der Waals surface area contributed by atoms with E-state index in [0.29, 0.717) is 25.1 Å². The lowest BCUT2D eigenvalue weighted by molar-refractivity contribution is -0.137. The molecule has 6 aliphatic heterocycles. The van der Waals surface area contributed by atoms with Gasteiger partial charge in [0.1, 0.15) is 88.6 Å². The van der Waals surface area contributed by atoms with Gasteiger partial charge in [0.25, 0.3) is 0 Å². The number of amides is 7. The highest BCUT2D eigenvalue weighted by Gasteiger charge is 2.40. The van der Waals surface area contributed by atoms with Gasteiger partial charge in [0.15, 0.2) is 23.0 Å². The number of phenols is 6. The Hall–Kier alpha value is -10.6. The second-order valence-electron chi connectivity index (χ2n) is 23.9. The van der Waals surface area contributed by atoms with Gasteiger partial charge in [-0.15, -0.1) is 0 Å². The van der Waals surface area contributed by atoms with Crippen molar-refractivity contribution in [3.05, 3.63) is 176 Å². The van der Waals surface area contributed by atoms with E-state index in [1.807, 2.05) is 0 Å². The number of carbonyl (C=O) groups is 7. The molecule has 7 aromatic carbocycles. The molecule has 0 aliphatic carbocycles. The van der Waals surface area contributed by atoms with Crippen molar-refractivity contribution < 1.29 is 83.5 Å². The molecule has 1 fully saturated rings. The van der Waals surface area contributed by atoms with Crippen LogP contribution >= 0.6 is 23.2 Å². The molecule has 98 heavy (non-hydrogen) atoms. The van der Waals surface area contributed by atoms with Crippen LogP contribution in [0.1, 0.15) is 88.1 Å². The van der Waals surface area contributed by atoms with Crippen LogP contribution < -0.4 is 62.9 Å². The number of carbonyl (C=O) groups excluding carboxylic acids is 7. The SMILES string of the molecule is NCCCN1CCN(CCCNC(=O)C(NC(=O)C2NC(=O)C(c3ccc(O)cc3)NC(=O)C3NC(=O)C4NC(=O)C(Cc5ccc(c(Cl)c5)Oc5cc3cc(c5O)Oc3ccc(cc3Cl)C2O)NC(=O)C(N)c2ccc(O)c(c2)Oc2cc(O)cc4c2)c2cc(O)cc(O)c2)CC1. The van der Waals surface area contributed by atoms with Gasteiger partial charge in [0.05, 0.1) is 10.0 Å². The Kier molecular flexibility index (Phi) is 20.9. The number of hydrogen-bond donors (Lipinski definition) is 16. The van der Waals surface area contributed by atoms with Crippen molar-refractivity contribution in [3.63, 3.8) is 0 Å². The summed E-state index contributed by atoms with van der Waals surface area (Å²) in [6, 6.07) is 12.4. The molecule has 7 aromatic rings. The number of rotatable bonds is 12. The molecular weight excluding hydrogens is 1310 g/mol. The van der Waals surface area contributed by atoms with Gasteiger partial charge in [-0.2, -0.15) is 0 Å². The predicted molar refractivity (Wildman–Crippen MR) is 352 cm³/mol. The Labute approximate surface area is 569 Å². The van der Waals surface area contributed by atoms with Crippen molar-refractivity contribution >= 4 is 64.6 Å². The van der Waals surface area contributed by atoms with E-state index in [1.165, 1.54) is 84.9 Å². The lowest BCUT2D eigenvalue weighted by atomic mass is 9.97. The fourth-order valence-corrected chi connectivity index (χ4v) is 12.3. The number of ether oxygens (including phenoxy) is 3. The number of phenolic OH excluding ortho intramolecular Hbond substituents is 6. The Morgan fingerprint density at radius 1 is 0.541 bits per heavy atom. The average molecular weight is 1380 g/mol. The van der Waals surface area contributed by atoms with Crippen LogP contribution in [0.5, 0.6) is 69.0 Å². The summed E-state index contributed by atoms with van der Waals surface area (Å²) in [7, 11) is 0. The monoisotopic (exact) mass is 1380 g/mol. The summed E-state index contributed by atoms with van der Waals surface area (Å²) in [4.78, 5) is 110. The van der Waals surface area contributed by atoms with Crippen molar-refractivity contribution in [2.75, 3.05) is 52.4 Å². The molecule has 0 saturated carbocycles. The molecule has 8 atom stereocenters. The minimum atomic E-state index is -2.15. The molecule has 0 aromatic heterocycles. The summed E-state index contributed by atoms with van der Waals surface area (Å²) < 4.78 is 18.6. The standard InChI is InChI=1S/C68H69Cl2N11O17/c69-45-21-33-3-11-49(45)97-52-29-39-30-53(61(52)88)98-50-12-7-36(27-46(50)70)60(87)59(68(95)77-56(37-23-41(83)31-42(84)24-37)64(91)73-14-2-16-81-19-17-80(18-20-81)15-1-13-71)79-65(92)55(34-4-8-40(82)9-5-34)76-67(94)58(39)78-66(93)57-38-25-43(85)32-44(26-38)96-51-28-35(6-10-48(51)86)54(72)63(90)74-47(22-33)62(89)75-57/h3-12,21,23-32,47,54-60,82-88H,1-2,13-20,22,71-72H2,(H,73,91)(H,74,90)(H,75,89)(H,76,94)(H,77,95)(H,78,93)(H,79,92). The average Bonchev–Trinajstić information content (AvgIpc) is 0.791. The minimum Gasteiger partial charge on any atom is -0.508 e. The quantitative estimate of drug-likeness (QED) is 0.0754. The second kappa shape index (κ2) is 29.8. The molecule has 512 valence electrons. The van der Waals surface area contributed by atoms with Gasteiger partial charge in [-0.25, -0.2) is 0 Å². The van der Waals surface area contributed by atoms with Crippen molar-refractivity contribution in [2.24, 2.45) is 11.5 Å². The number of nitrogens with two attached hydrogens (primary N) is 2. The topological polar surface area (TPSA) is 432 Å². The first kappa shape index (κ1) is 68.8. The molecule has 13 rings (SSSR count). The molecule has 18 N–H and O–H groups in total. The van der Waals surface area contributed by atoms with Crippen molar-refractivity contribution in [2.45, 2.75) is 67.7 Å². The van der Waals surface area contributed by atoms with Crippen LogP contribution in [0.25, 0.3) is 0 Å². The molecule has 6 aliphatic rings. The zero-order valence-corrected chi connectivity index (χ0v) is 53.6.